The van der Waals surface area contributed by atoms with Gasteiger partial charge >= 0.3 is 6.03 Å². The number of nitrogens with one attached hydrogen (secondary N) is 2. The molecule has 1 fully saturated rings. The first kappa shape index (κ1) is 20.3. The Balaban J connectivity index is 1.44. The fourth-order valence-electron chi connectivity index (χ4n) is 3.67. The van der Waals surface area contributed by atoms with E-state index in [1.807, 2.05) is 40.7 Å². The molecule has 4 heterocycles. The molecule has 0 bridgehead atoms. The van der Waals surface area contributed by atoms with Crippen molar-refractivity contribution in [1.82, 2.24) is 30.1 Å². The van der Waals surface area contributed by atoms with Crippen molar-refractivity contribution in [2.75, 3.05) is 19.6 Å². The van der Waals surface area contributed by atoms with Crippen molar-refractivity contribution < 1.29 is 9.59 Å². The molecule has 0 saturated carbocycles. The highest BCUT2D eigenvalue weighted by molar-refractivity contribution is 7.09. The Kier molecular flexibility index (Phi) is 5.98. The molecule has 0 aliphatic carbocycles. The number of hydrogen-bond donors (Lipinski definition) is 2. The summed E-state index contributed by atoms with van der Waals surface area (Å²) in [5.41, 5.74) is 1.27. The minimum Gasteiger partial charge on any atom is -0.352 e. The number of likely N-dealkylation sites (tertiary alicyclic amines) is 1. The van der Waals surface area contributed by atoms with Gasteiger partial charge in [0.1, 0.15) is 5.82 Å². The molecule has 1 saturated heterocycles. The van der Waals surface area contributed by atoms with E-state index in [1.165, 1.54) is 4.88 Å². The summed E-state index contributed by atoms with van der Waals surface area (Å²) in [6, 6.07) is 7.71. The van der Waals surface area contributed by atoms with Crippen molar-refractivity contribution in [3.8, 4) is 0 Å². The van der Waals surface area contributed by atoms with Crippen molar-refractivity contribution in [3.63, 3.8) is 0 Å². The molecule has 30 heavy (non-hydrogen) atoms. The third-order valence-corrected chi connectivity index (χ3v) is 6.12. The lowest BCUT2D eigenvalue weighted by Gasteiger charge is -2.18. The van der Waals surface area contributed by atoms with Crippen LogP contribution in [0.3, 0.4) is 0 Å². The number of thiophene rings is 1. The maximum Gasteiger partial charge on any atom is 0.317 e. The molecular weight excluding hydrogens is 400 g/mol. The molecule has 1 unspecified atom stereocenters. The van der Waals surface area contributed by atoms with Gasteiger partial charge < -0.3 is 15.5 Å². The third kappa shape index (κ3) is 4.46. The fourth-order valence-corrected chi connectivity index (χ4v) is 4.38. The van der Waals surface area contributed by atoms with Crippen LogP contribution in [0.2, 0.25) is 0 Å². The van der Waals surface area contributed by atoms with E-state index in [1.54, 1.807) is 23.6 Å². The number of fused-ring (bicyclic) bond motifs is 1. The number of rotatable bonds is 6. The normalized spacial score (nSPS) is 16.4. The monoisotopic (exact) mass is 426 g/mol. The lowest BCUT2D eigenvalue weighted by Crippen LogP contribution is -2.41. The number of carbonyl (C=O) groups excluding carboxylic acids is 2. The van der Waals surface area contributed by atoms with E-state index in [0.717, 1.165) is 18.7 Å². The van der Waals surface area contributed by atoms with Gasteiger partial charge in [-0.1, -0.05) is 6.07 Å². The minimum absolute atomic E-state index is 0.0490. The van der Waals surface area contributed by atoms with E-state index < -0.39 is 0 Å². The van der Waals surface area contributed by atoms with E-state index in [-0.39, 0.29) is 23.9 Å². The van der Waals surface area contributed by atoms with Crippen molar-refractivity contribution >= 4 is 28.9 Å². The molecule has 3 aromatic rings. The molecule has 9 heteroatoms. The molecule has 0 spiro atoms. The van der Waals surface area contributed by atoms with E-state index in [4.69, 9.17) is 0 Å². The van der Waals surface area contributed by atoms with Gasteiger partial charge in [-0.2, -0.15) is 0 Å². The van der Waals surface area contributed by atoms with E-state index in [2.05, 4.69) is 26.9 Å². The summed E-state index contributed by atoms with van der Waals surface area (Å²) < 4.78 is 1.88. The Morgan fingerprint density at radius 1 is 1.27 bits per heavy atom. The highest BCUT2D eigenvalue weighted by Gasteiger charge is 2.30. The summed E-state index contributed by atoms with van der Waals surface area (Å²) in [5.74, 6) is 0.769. The van der Waals surface area contributed by atoms with E-state index in [9.17, 15) is 9.59 Å². The molecule has 3 amide bonds. The van der Waals surface area contributed by atoms with Crippen LogP contribution in [0.15, 0.2) is 35.8 Å². The number of carbonyl (C=O) groups is 2. The van der Waals surface area contributed by atoms with Crippen LogP contribution in [-0.2, 0) is 6.42 Å². The SMILES string of the molecule is CC(C)NC(=O)N1CCC(c2nnc3ccc(C(=O)NCCc4cccs4)cn23)C1. The maximum absolute atomic E-state index is 12.6. The van der Waals surface area contributed by atoms with Crippen molar-refractivity contribution in [2.24, 2.45) is 0 Å². The Labute approximate surface area is 179 Å². The van der Waals surface area contributed by atoms with Gasteiger partial charge in [-0.15, -0.1) is 21.5 Å². The van der Waals surface area contributed by atoms with Crippen LogP contribution in [0, 0.1) is 0 Å². The van der Waals surface area contributed by atoms with Crippen molar-refractivity contribution in [1.29, 1.82) is 0 Å². The lowest BCUT2D eigenvalue weighted by molar-refractivity contribution is 0.0953. The average Bonchev–Trinajstić information content (AvgIpc) is 3.46. The number of aromatic nitrogens is 3. The second-order valence-corrected chi connectivity index (χ2v) is 8.86. The summed E-state index contributed by atoms with van der Waals surface area (Å²) in [4.78, 5) is 27.9. The lowest BCUT2D eigenvalue weighted by atomic mass is 10.1. The van der Waals surface area contributed by atoms with Crippen LogP contribution in [0.4, 0.5) is 4.79 Å². The molecule has 0 aromatic carbocycles. The molecule has 0 radical (unpaired) electrons. The number of nitrogens with zero attached hydrogens (tertiary/aromatic N) is 4. The highest BCUT2D eigenvalue weighted by atomic mass is 32.1. The quantitative estimate of drug-likeness (QED) is 0.634. The fraction of sp³-hybridized carbons (Fsp3) is 0.429. The standard InChI is InChI=1S/C21H26N6O2S/c1-14(2)23-21(29)26-10-8-15(12-26)19-25-24-18-6-5-16(13-27(18)19)20(28)22-9-7-17-4-3-11-30-17/h3-6,11,13-15H,7-10,12H2,1-2H3,(H,22,28)(H,23,29). The number of urea groups is 1. The molecule has 1 aliphatic rings. The topological polar surface area (TPSA) is 91.6 Å². The summed E-state index contributed by atoms with van der Waals surface area (Å²) in [6.45, 7) is 5.77. The zero-order valence-corrected chi connectivity index (χ0v) is 18.0. The second kappa shape index (κ2) is 8.83. The number of hydrogen-bond acceptors (Lipinski definition) is 5. The first-order chi connectivity index (χ1) is 14.5. The van der Waals surface area contributed by atoms with Crippen LogP contribution >= 0.6 is 11.3 Å². The molecule has 1 atom stereocenters. The molecule has 3 aromatic heterocycles. The van der Waals surface area contributed by atoms with Gasteiger partial charge in [0.2, 0.25) is 0 Å². The second-order valence-electron chi connectivity index (χ2n) is 7.83. The number of amides is 3. The zero-order chi connectivity index (χ0) is 21.1. The van der Waals surface area contributed by atoms with Gasteiger partial charge in [-0.05, 0) is 50.3 Å². The Morgan fingerprint density at radius 3 is 2.90 bits per heavy atom. The van der Waals surface area contributed by atoms with E-state index in [0.29, 0.717) is 30.8 Å². The summed E-state index contributed by atoms with van der Waals surface area (Å²) in [5, 5.41) is 16.5. The Bertz CT molecular complexity index is 1030. The molecular formula is C21H26N6O2S. The molecule has 8 nitrogen and oxygen atoms in total. The summed E-state index contributed by atoms with van der Waals surface area (Å²) in [7, 11) is 0. The number of pyridine rings is 1. The van der Waals surface area contributed by atoms with Crippen LogP contribution < -0.4 is 10.6 Å². The van der Waals surface area contributed by atoms with Crippen LogP contribution in [0.5, 0.6) is 0 Å². The first-order valence-electron chi connectivity index (χ1n) is 10.2. The predicted molar refractivity (Wildman–Crippen MR) is 116 cm³/mol. The predicted octanol–water partition coefficient (Wildman–Crippen LogP) is 2.67. The van der Waals surface area contributed by atoms with Gasteiger partial charge in [0.25, 0.3) is 5.91 Å². The highest BCUT2D eigenvalue weighted by Crippen LogP contribution is 2.26. The smallest absolute Gasteiger partial charge is 0.317 e. The molecule has 158 valence electrons. The van der Waals surface area contributed by atoms with Gasteiger partial charge in [0.05, 0.1) is 5.56 Å². The maximum atomic E-state index is 12.6. The van der Waals surface area contributed by atoms with Gasteiger partial charge in [0, 0.05) is 42.7 Å². The Hall–Kier alpha value is -2.94. The molecule has 4 rings (SSSR count). The largest absolute Gasteiger partial charge is 0.352 e. The van der Waals surface area contributed by atoms with Crippen LogP contribution in [0.25, 0.3) is 5.65 Å². The van der Waals surface area contributed by atoms with E-state index >= 15 is 0 Å². The van der Waals surface area contributed by atoms with Crippen molar-refractivity contribution in [3.05, 3.63) is 52.1 Å². The first-order valence-corrected chi connectivity index (χ1v) is 11.1. The minimum atomic E-state index is -0.113. The summed E-state index contributed by atoms with van der Waals surface area (Å²) in [6.07, 6.45) is 3.44. The molecule has 1 aliphatic heterocycles. The average molecular weight is 427 g/mol. The Morgan fingerprint density at radius 2 is 2.13 bits per heavy atom. The third-order valence-electron chi connectivity index (χ3n) is 5.18. The van der Waals surface area contributed by atoms with Gasteiger partial charge in [-0.25, -0.2) is 4.79 Å². The van der Waals surface area contributed by atoms with Crippen molar-refractivity contribution in [2.45, 2.75) is 38.6 Å². The van der Waals surface area contributed by atoms with Gasteiger partial charge in [-0.3, -0.25) is 9.20 Å². The molecule has 2 N–H and O–H groups in total. The zero-order valence-electron chi connectivity index (χ0n) is 17.2. The van der Waals surface area contributed by atoms with Crippen LogP contribution in [-0.4, -0.2) is 57.1 Å². The van der Waals surface area contributed by atoms with Crippen LogP contribution in [0.1, 0.15) is 47.2 Å². The van der Waals surface area contributed by atoms with Gasteiger partial charge in [0.15, 0.2) is 5.65 Å². The summed E-state index contributed by atoms with van der Waals surface area (Å²) >= 11 is 1.69.